The van der Waals surface area contributed by atoms with Crippen LogP contribution in [0.3, 0.4) is 0 Å². The van der Waals surface area contributed by atoms with Gasteiger partial charge in [-0.3, -0.25) is 4.79 Å². The highest BCUT2D eigenvalue weighted by atomic mass is 19.1. The summed E-state index contributed by atoms with van der Waals surface area (Å²) >= 11 is 0. The largest absolute Gasteiger partial charge is 0.507 e. The number of carbonyl (C=O) groups excluding carboxylic acids is 1. The monoisotopic (exact) mass is 372 g/mol. The number of nitrogens with zero attached hydrogens (tertiary/aromatic N) is 1. The molecule has 0 radical (unpaired) electrons. The molecule has 0 saturated heterocycles. The molecular weight excluding hydrogens is 347 g/mol. The molecule has 6 heteroatoms. The van der Waals surface area contributed by atoms with Gasteiger partial charge in [0.25, 0.3) is 5.91 Å². The Morgan fingerprint density at radius 1 is 1.26 bits per heavy atom. The van der Waals surface area contributed by atoms with Crippen molar-refractivity contribution < 1.29 is 19.0 Å². The zero-order valence-electron chi connectivity index (χ0n) is 16.0. The lowest BCUT2D eigenvalue weighted by Crippen LogP contribution is -2.26. The van der Waals surface area contributed by atoms with Gasteiger partial charge in [0.05, 0.1) is 5.71 Å². The van der Waals surface area contributed by atoms with Crippen molar-refractivity contribution in [1.82, 2.24) is 5.43 Å². The summed E-state index contributed by atoms with van der Waals surface area (Å²) in [5.74, 6) is -0.0805. The van der Waals surface area contributed by atoms with E-state index in [0.717, 1.165) is 17.2 Å². The van der Waals surface area contributed by atoms with E-state index in [-0.39, 0.29) is 23.8 Å². The van der Waals surface area contributed by atoms with Crippen molar-refractivity contribution in [3.63, 3.8) is 0 Å². The summed E-state index contributed by atoms with van der Waals surface area (Å²) in [4.78, 5) is 12.1. The van der Waals surface area contributed by atoms with E-state index < -0.39 is 11.7 Å². The third kappa shape index (κ3) is 5.54. The third-order valence-corrected chi connectivity index (χ3v) is 4.07. The van der Waals surface area contributed by atoms with Crippen LogP contribution >= 0.6 is 0 Å². The van der Waals surface area contributed by atoms with Gasteiger partial charge < -0.3 is 9.84 Å². The summed E-state index contributed by atoms with van der Waals surface area (Å²) < 4.78 is 19.1. The van der Waals surface area contributed by atoms with Gasteiger partial charge in [0.15, 0.2) is 6.61 Å². The fourth-order valence-electron chi connectivity index (χ4n) is 2.62. The number of rotatable bonds is 7. The summed E-state index contributed by atoms with van der Waals surface area (Å²) in [6, 6.07) is 9.49. The molecule has 5 nitrogen and oxygen atoms in total. The van der Waals surface area contributed by atoms with Crippen molar-refractivity contribution in [3.05, 3.63) is 58.9 Å². The number of hydrogen-bond donors (Lipinski definition) is 2. The SMILES string of the molecule is CC/C(=N\NC(=O)COc1cc(C)ccc1C(C)C)c1cc(F)ccc1O. The molecule has 0 spiro atoms. The number of aromatic hydroxyl groups is 1. The quantitative estimate of drug-likeness (QED) is 0.563. The standard InChI is InChI=1S/C21H25FN2O3/c1-5-18(17-11-15(22)7-9-19(17)25)23-24-21(26)12-27-20-10-14(4)6-8-16(20)13(2)3/h6-11,13,25H,5,12H2,1-4H3,(H,24,26)/b23-18+. The first-order chi connectivity index (χ1) is 12.8. The molecule has 144 valence electrons. The highest BCUT2D eigenvalue weighted by Gasteiger charge is 2.12. The van der Waals surface area contributed by atoms with Gasteiger partial charge in [-0.15, -0.1) is 0 Å². The number of hydrazone groups is 1. The number of hydrogen-bond acceptors (Lipinski definition) is 4. The minimum absolute atomic E-state index is 0.0937. The molecule has 0 unspecified atom stereocenters. The summed E-state index contributed by atoms with van der Waals surface area (Å²) in [6.45, 7) is 7.67. The maximum absolute atomic E-state index is 13.4. The van der Waals surface area contributed by atoms with Gasteiger partial charge in [-0.25, -0.2) is 9.82 Å². The first-order valence-corrected chi connectivity index (χ1v) is 8.89. The molecule has 0 atom stereocenters. The summed E-state index contributed by atoms with van der Waals surface area (Å²) in [5, 5.41) is 13.9. The Labute approximate surface area is 158 Å². The molecule has 2 aromatic rings. The number of phenolic OH excluding ortho intramolecular Hbond substituents is 1. The molecule has 0 saturated carbocycles. The second-order valence-corrected chi connectivity index (χ2v) is 6.59. The number of aryl methyl sites for hydroxylation is 1. The van der Waals surface area contributed by atoms with E-state index in [2.05, 4.69) is 24.4 Å². The maximum Gasteiger partial charge on any atom is 0.277 e. The van der Waals surface area contributed by atoms with Crippen molar-refractivity contribution in [3.8, 4) is 11.5 Å². The van der Waals surface area contributed by atoms with E-state index >= 15 is 0 Å². The number of halogens is 1. The molecule has 1 amide bonds. The zero-order valence-corrected chi connectivity index (χ0v) is 16.0. The molecule has 0 bridgehead atoms. The molecule has 27 heavy (non-hydrogen) atoms. The third-order valence-electron chi connectivity index (χ3n) is 4.07. The second-order valence-electron chi connectivity index (χ2n) is 6.59. The van der Waals surface area contributed by atoms with Gasteiger partial charge in [0, 0.05) is 5.56 Å². The summed E-state index contributed by atoms with van der Waals surface area (Å²) in [7, 11) is 0. The van der Waals surface area contributed by atoms with Crippen molar-refractivity contribution in [2.45, 2.75) is 40.0 Å². The van der Waals surface area contributed by atoms with Gasteiger partial charge in [-0.1, -0.05) is 32.9 Å². The van der Waals surface area contributed by atoms with Crippen LogP contribution in [0.5, 0.6) is 11.5 Å². The number of amides is 1. The van der Waals surface area contributed by atoms with Gasteiger partial charge >= 0.3 is 0 Å². The molecule has 2 rings (SSSR count). The predicted molar refractivity (Wildman–Crippen MR) is 104 cm³/mol. The predicted octanol–water partition coefficient (Wildman–Crippen LogP) is 4.27. The molecule has 0 fully saturated rings. The van der Waals surface area contributed by atoms with Crippen LogP contribution in [0.15, 0.2) is 41.5 Å². The van der Waals surface area contributed by atoms with Gasteiger partial charge in [-0.05, 0) is 54.7 Å². The Morgan fingerprint density at radius 2 is 2.00 bits per heavy atom. The average molecular weight is 372 g/mol. The zero-order chi connectivity index (χ0) is 20.0. The Morgan fingerprint density at radius 3 is 2.67 bits per heavy atom. The van der Waals surface area contributed by atoms with E-state index in [0.29, 0.717) is 17.9 Å². The van der Waals surface area contributed by atoms with Crippen LogP contribution in [0, 0.1) is 12.7 Å². The fraction of sp³-hybridized carbons (Fsp3) is 0.333. The Bertz CT molecular complexity index is 847. The number of benzene rings is 2. The Hall–Kier alpha value is -2.89. The van der Waals surface area contributed by atoms with Gasteiger partial charge in [0.1, 0.15) is 17.3 Å². The average Bonchev–Trinajstić information content (AvgIpc) is 2.63. The second kappa shape index (κ2) is 9.16. The van der Waals surface area contributed by atoms with E-state index in [1.54, 1.807) is 6.92 Å². The van der Waals surface area contributed by atoms with Crippen molar-refractivity contribution >= 4 is 11.6 Å². The summed E-state index contributed by atoms with van der Waals surface area (Å²) in [6.07, 6.45) is 0.410. The number of ether oxygens (including phenoxy) is 1. The molecule has 2 aromatic carbocycles. The highest BCUT2D eigenvalue weighted by molar-refractivity contribution is 6.03. The normalized spacial score (nSPS) is 11.6. The van der Waals surface area contributed by atoms with E-state index in [4.69, 9.17) is 4.74 Å². The maximum atomic E-state index is 13.4. The van der Waals surface area contributed by atoms with Crippen LogP contribution < -0.4 is 10.2 Å². The van der Waals surface area contributed by atoms with Crippen LogP contribution in [0.2, 0.25) is 0 Å². The number of carbonyl (C=O) groups is 1. The molecular formula is C21H25FN2O3. The number of phenols is 1. The van der Waals surface area contributed by atoms with Crippen molar-refractivity contribution in [2.75, 3.05) is 6.61 Å². The van der Waals surface area contributed by atoms with Crippen LogP contribution in [0.1, 0.15) is 49.8 Å². The van der Waals surface area contributed by atoms with Crippen molar-refractivity contribution in [1.29, 1.82) is 0 Å². The topological polar surface area (TPSA) is 70.9 Å². The molecule has 0 aliphatic rings. The first-order valence-electron chi connectivity index (χ1n) is 8.89. The fourth-order valence-corrected chi connectivity index (χ4v) is 2.62. The minimum Gasteiger partial charge on any atom is -0.507 e. The van der Waals surface area contributed by atoms with Crippen LogP contribution in [-0.4, -0.2) is 23.3 Å². The lowest BCUT2D eigenvalue weighted by atomic mass is 10.0. The molecule has 0 aliphatic carbocycles. The highest BCUT2D eigenvalue weighted by Crippen LogP contribution is 2.27. The Balaban J connectivity index is 2.06. The van der Waals surface area contributed by atoms with Crippen molar-refractivity contribution in [2.24, 2.45) is 5.10 Å². The number of nitrogens with one attached hydrogen (secondary N) is 1. The smallest absolute Gasteiger partial charge is 0.277 e. The van der Waals surface area contributed by atoms with Gasteiger partial charge in [-0.2, -0.15) is 5.10 Å². The lowest BCUT2D eigenvalue weighted by molar-refractivity contribution is -0.123. The molecule has 0 heterocycles. The molecule has 0 aliphatic heterocycles. The summed E-state index contributed by atoms with van der Waals surface area (Å²) in [5.41, 5.74) is 5.09. The van der Waals surface area contributed by atoms with Crippen LogP contribution in [0.25, 0.3) is 0 Å². The van der Waals surface area contributed by atoms with Gasteiger partial charge in [0.2, 0.25) is 0 Å². The Kier molecular flexibility index (Phi) is 6.93. The molecule has 2 N–H and O–H groups in total. The van der Waals surface area contributed by atoms with Crippen LogP contribution in [-0.2, 0) is 4.79 Å². The first kappa shape index (κ1) is 20.4. The minimum atomic E-state index is -0.487. The molecule has 0 aromatic heterocycles. The van der Waals surface area contributed by atoms with E-state index in [1.165, 1.54) is 12.1 Å². The van der Waals surface area contributed by atoms with Crippen LogP contribution in [0.4, 0.5) is 4.39 Å². The lowest BCUT2D eigenvalue weighted by Gasteiger charge is -2.14. The van der Waals surface area contributed by atoms with E-state index in [1.807, 2.05) is 25.1 Å². The van der Waals surface area contributed by atoms with E-state index in [9.17, 15) is 14.3 Å².